The fourth-order valence-electron chi connectivity index (χ4n) is 2.30. The van der Waals surface area contributed by atoms with E-state index in [2.05, 4.69) is 16.9 Å². The van der Waals surface area contributed by atoms with Gasteiger partial charge in [-0.25, -0.2) is 4.98 Å². The number of nitrogens with zero attached hydrogens (tertiary/aromatic N) is 2. The van der Waals surface area contributed by atoms with Crippen LogP contribution in [-0.2, 0) is 0 Å². The number of rotatable bonds is 1. The lowest BCUT2D eigenvalue weighted by Gasteiger charge is -2.26. The Kier molecular flexibility index (Phi) is 2.75. The summed E-state index contributed by atoms with van der Waals surface area (Å²) in [5.74, 6) is 2.20. The predicted molar refractivity (Wildman–Crippen MR) is 61.2 cm³/mol. The fourth-order valence-corrected chi connectivity index (χ4v) is 2.30. The Bertz CT molecular complexity index is 342. The first-order valence-electron chi connectivity index (χ1n) is 5.54. The number of nitrogens with two attached hydrogens (primary N) is 2. The molecule has 4 N–H and O–H groups in total. The first kappa shape index (κ1) is 10.2. The summed E-state index contributed by atoms with van der Waals surface area (Å²) in [6.45, 7) is 2.30. The maximum absolute atomic E-state index is 5.86. The first-order valence-corrected chi connectivity index (χ1v) is 5.54. The molecule has 1 aliphatic rings. The Labute approximate surface area is 90.1 Å². The summed E-state index contributed by atoms with van der Waals surface area (Å²) >= 11 is 0. The van der Waals surface area contributed by atoms with E-state index in [-0.39, 0.29) is 5.95 Å². The highest BCUT2D eigenvalue weighted by molar-refractivity contribution is 5.43. The van der Waals surface area contributed by atoms with Crippen LogP contribution in [0.25, 0.3) is 0 Å². The van der Waals surface area contributed by atoms with Crippen LogP contribution in [0.5, 0.6) is 0 Å². The SMILES string of the molecule is CC1CCC(c2cnc(N)nc2N)CC1. The molecular formula is C11H18N4. The summed E-state index contributed by atoms with van der Waals surface area (Å²) in [4.78, 5) is 8.03. The van der Waals surface area contributed by atoms with Crippen LogP contribution in [-0.4, -0.2) is 9.97 Å². The zero-order valence-electron chi connectivity index (χ0n) is 9.11. The molecule has 0 amide bonds. The zero-order chi connectivity index (χ0) is 10.8. The molecular weight excluding hydrogens is 188 g/mol. The van der Waals surface area contributed by atoms with Gasteiger partial charge in [-0.2, -0.15) is 4.98 Å². The second kappa shape index (κ2) is 4.04. The van der Waals surface area contributed by atoms with Crippen molar-refractivity contribution in [2.45, 2.75) is 38.5 Å². The summed E-state index contributed by atoms with van der Waals surface area (Å²) in [6, 6.07) is 0. The van der Waals surface area contributed by atoms with Gasteiger partial charge in [-0.3, -0.25) is 0 Å². The van der Waals surface area contributed by atoms with Crippen LogP contribution in [0.4, 0.5) is 11.8 Å². The van der Waals surface area contributed by atoms with E-state index in [1.807, 2.05) is 0 Å². The van der Waals surface area contributed by atoms with Crippen LogP contribution in [0.2, 0.25) is 0 Å². The third kappa shape index (κ3) is 2.19. The topological polar surface area (TPSA) is 77.8 Å². The molecule has 2 rings (SSSR count). The van der Waals surface area contributed by atoms with E-state index in [4.69, 9.17) is 11.5 Å². The summed E-state index contributed by atoms with van der Waals surface area (Å²) < 4.78 is 0. The average Bonchev–Trinajstić information content (AvgIpc) is 2.20. The second-order valence-corrected chi connectivity index (χ2v) is 4.53. The van der Waals surface area contributed by atoms with Gasteiger partial charge in [-0.05, 0) is 24.7 Å². The summed E-state index contributed by atoms with van der Waals surface area (Å²) in [5, 5.41) is 0. The van der Waals surface area contributed by atoms with Crippen molar-refractivity contribution in [3.05, 3.63) is 11.8 Å². The molecule has 0 bridgehead atoms. The van der Waals surface area contributed by atoms with E-state index >= 15 is 0 Å². The van der Waals surface area contributed by atoms with Crippen molar-refractivity contribution in [2.75, 3.05) is 11.5 Å². The first-order chi connectivity index (χ1) is 7.16. The van der Waals surface area contributed by atoms with Crippen LogP contribution in [0, 0.1) is 5.92 Å². The molecule has 1 heterocycles. The monoisotopic (exact) mass is 206 g/mol. The van der Waals surface area contributed by atoms with Gasteiger partial charge in [0.15, 0.2) is 0 Å². The Morgan fingerprint density at radius 2 is 1.87 bits per heavy atom. The lowest BCUT2D eigenvalue weighted by Crippen LogP contribution is -2.14. The molecule has 0 unspecified atom stereocenters. The minimum Gasteiger partial charge on any atom is -0.383 e. The van der Waals surface area contributed by atoms with Gasteiger partial charge in [-0.15, -0.1) is 0 Å². The molecule has 4 nitrogen and oxygen atoms in total. The maximum Gasteiger partial charge on any atom is 0.221 e. The molecule has 0 saturated heterocycles. The zero-order valence-corrected chi connectivity index (χ0v) is 9.11. The van der Waals surface area contributed by atoms with E-state index in [1.54, 1.807) is 6.20 Å². The van der Waals surface area contributed by atoms with Crippen LogP contribution < -0.4 is 11.5 Å². The van der Waals surface area contributed by atoms with Gasteiger partial charge in [-0.1, -0.05) is 19.8 Å². The maximum atomic E-state index is 5.86. The van der Waals surface area contributed by atoms with Crippen LogP contribution in [0.1, 0.15) is 44.1 Å². The average molecular weight is 206 g/mol. The molecule has 1 aromatic heterocycles. The molecule has 1 saturated carbocycles. The van der Waals surface area contributed by atoms with E-state index in [9.17, 15) is 0 Å². The fraction of sp³-hybridized carbons (Fsp3) is 0.636. The number of hydrogen-bond acceptors (Lipinski definition) is 4. The molecule has 0 spiro atoms. The van der Waals surface area contributed by atoms with Crippen LogP contribution in [0.3, 0.4) is 0 Å². The van der Waals surface area contributed by atoms with Crippen LogP contribution >= 0.6 is 0 Å². The van der Waals surface area contributed by atoms with Crippen molar-refractivity contribution in [2.24, 2.45) is 5.92 Å². The lowest BCUT2D eigenvalue weighted by molar-refractivity contribution is 0.348. The van der Waals surface area contributed by atoms with E-state index in [0.717, 1.165) is 11.5 Å². The minimum atomic E-state index is 0.264. The predicted octanol–water partition coefficient (Wildman–Crippen LogP) is 1.93. The van der Waals surface area contributed by atoms with Crippen molar-refractivity contribution in [3.8, 4) is 0 Å². The van der Waals surface area contributed by atoms with E-state index in [0.29, 0.717) is 11.7 Å². The molecule has 0 aliphatic heterocycles. The molecule has 82 valence electrons. The van der Waals surface area contributed by atoms with Crippen molar-refractivity contribution < 1.29 is 0 Å². The molecule has 1 aliphatic carbocycles. The number of nitrogen functional groups attached to an aromatic ring is 2. The Morgan fingerprint density at radius 1 is 1.20 bits per heavy atom. The van der Waals surface area contributed by atoms with Crippen molar-refractivity contribution in [1.82, 2.24) is 9.97 Å². The van der Waals surface area contributed by atoms with Crippen molar-refractivity contribution in [1.29, 1.82) is 0 Å². The van der Waals surface area contributed by atoms with Gasteiger partial charge in [0.25, 0.3) is 0 Å². The highest BCUT2D eigenvalue weighted by atomic mass is 15.0. The van der Waals surface area contributed by atoms with Gasteiger partial charge >= 0.3 is 0 Å². The Hall–Kier alpha value is -1.32. The minimum absolute atomic E-state index is 0.264. The number of hydrogen-bond donors (Lipinski definition) is 2. The van der Waals surface area contributed by atoms with Gasteiger partial charge in [0.2, 0.25) is 5.95 Å². The molecule has 1 fully saturated rings. The highest BCUT2D eigenvalue weighted by Crippen LogP contribution is 2.36. The van der Waals surface area contributed by atoms with E-state index < -0.39 is 0 Å². The third-order valence-corrected chi connectivity index (χ3v) is 3.32. The molecule has 15 heavy (non-hydrogen) atoms. The normalized spacial score (nSPS) is 26.5. The molecule has 1 aromatic rings. The molecule has 0 atom stereocenters. The van der Waals surface area contributed by atoms with Crippen molar-refractivity contribution >= 4 is 11.8 Å². The standard InChI is InChI=1S/C11H18N4/c1-7-2-4-8(5-3-7)9-6-14-11(13)15-10(9)12/h6-8H,2-5H2,1H3,(H4,12,13,14,15). The summed E-state index contributed by atoms with van der Waals surface area (Å²) in [6.07, 6.45) is 6.72. The van der Waals surface area contributed by atoms with Crippen molar-refractivity contribution in [3.63, 3.8) is 0 Å². The van der Waals surface area contributed by atoms with Gasteiger partial charge < -0.3 is 11.5 Å². The van der Waals surface area contributed by atoms with Gasteiger partial charge in [0.05, 0.1) is 0 Å². The second-order valence-electron chi connectivity index (χ2n) is 4.53. The molecule has 4 heteroatoms. The smallest absolute Gasteiger partial charge is 0.221 e. The largest absolute Gasteiger partial charge is 0.383 e. The highest BCUT2D eigenvalue weighted by Gasteiger charge is 2.22. The van der Waals surface area contributed by atoms with Crippen LogP contribution in [0.15, 0.2) is 6.20 Å². The van der Waals surface area contributed by atoms with E-state index in [1.165, 1.54) is 25.7 Å². The summed E-state index contributed by atoms with van der Waals surface area (Å²) in [7, 11) is 0. The third-order valence-electron chi connectivity index (χ3n) is 3.32. The lowest BCUT2D eigenvalue weighted by atomic mass is 9.80. The Balaban J connectivity index is 2.15. The number of anilines is 2. The quantitative estimate of drug-likeness (QED) is 0.736. The number of aromatic nitrogens is 2. The Morgan fingerprint density at radius 3 is 2.47 bits per heavy atom. The van der Waals surface area contributed by atoms with Gasteiger partial charge in [0, 0.05) is 11.8 Å². The summed E-state index contributed by atoms with van der Waals surface area (Å²) in [5.41, 5.74) is 12.4. The molecule has 0 radical (unpaired) electrons. The molecule has 0 aromatic carbocycles. The van der Waals surface area contributed by atoms with Gasteiger partial charge in [0.1, 0.15) is 5.82 Å².